The number of fused-ring (bicyclic) bond motifs is 1. The Kier molecular flexibility index (Phi) is 5.32. The van der Waals surface area contributed by atoms with Crippen molar-refractivity contribution < 1.29 is 22.7 Å². The van der Waals surface area contributed by atoms with E-state index in [1.165, 1.54) is 12.3 Å². The van der Waals surface area contributed by atoms with Crippen LogP contribution in [0.5, 0.6) is 5.75 Å². The highest BCUT2D eigenvalue weighted by Crippen LogP contribution is 2.36. The predicted octanol–water partition coefficient (Wildman–Crippen LogP) is 5.48. The van der Waals surface area contributed by atoms with Crippen molar-refractivity contribution in [2.24, 2.45) is 4.99 Å². The normalized spacial score (nSPS) is 13.2. The second-order valence-corrected chi connectivity index (χ2v) is 8.54. The van der Waals surface area contributed by atoms with Gasteiger partial charge in [0.15, 0.2) is 34.6 Å². The van der Waals surface area contributed by atoms with E-state index in [1.807, 2.05) is 13.8 Å². The summed E-state index contributed by atoms with van der Waals surface area (Å²) in [6.45, 7) is 6.79. The van der Waals surface area contributed by atoms with Crippen LogP contribution in [-0.2, 0) is 5.60 Å². The van der Waals surface area contributed by atoms with Crippen molar-refractivity contribution in [3.8, 4) is 17.1 Å². The summed E-state index contributed by atoms with van der Waals surface area (Å²) in [5.41, 5.74) is -0.612. The number of carbonyl (C=O) groups excluding carboxylic acids is 1. The summed E-state index contributed by atoms with van der Waals surface area (Å²) in [6, 6.07) is 4.20. The molecule has 0 bridgehead atoms. The minimum atomic E-state index is -1.35. The highest BCUT2D eigenvalue weighted by Gasteiger charge is 2.35. The van der Waals surface area contributed by atoms with E-state index in [0.717, 1.165) is 18.2 Å². The molecule has 1 aliphatic heterocycles. The number of amides is 1. The van der Waals surface area contributed by atoms with Crippen molar-refractivity contribution in [2.45, 2.75) is 39.3 Å². The number of benzene rings is 2. The average Bonchev–Trinajstić information content (AvgIpc) is 3.29. The van der Waals surface area contributed by atoms with E-state index in [1.54, 1.807) is 18.4 Å². The molecule has 32 heavy (non-hydrogen) atoms. The number of nitrogens with zero attached hydrogens (tertiary/aromatic N) is 4. The van der Waals surface area contributed by atoms with E-state index in [-0.39, 0.29) is 33.8 Å². The quantitative estimate of drug-likeness (QED) is 0.503. The van der Waals surface area contributed by atoms with Gasteiger partial charge < -0.3 is 9.30 Å². The van der Waals surface area contributed by atoms with Gasteiger partial charge in [-0.15, -0.1) is 10.2 Å². The molecule has 2 heterocycles. The SMILES string of the molecule is CC(C)n1c(-c2cc3c(cc2F)C(=O)N=C3)nnc1C(C)(C)Oc1c(F)cc(Cl)cc1F. The number of rotatable bonds is 5. The largest absolute Gasteiger partial charge is 0.474 e. The molecule has 0 radical (unpaired) electrons. The molecule has 1 aromatic heterocycles. The van der Waals surface area contributed by atoms with Gasteiger partial charge in [-0.05, 0) is 52.0 Å². The minimum absolute atomic E-state index is 0.105. The van der Waals surface area contributed by atoms with Gasteiger partial charge >= 0.3 is 0 Å². The molecule has 0 unspecified atom stereocenters. The van der Waals surface area contributed by atoms with E-state index in [4.69, 9.17) is 16.3 Å². The first kappa shape index (κ1) is 22.0. The Morgan fingerprint density at radius 1 is 1.00 bits per heavy atom. The minimum Gasteiger partial charge on any atom is -0.474 e. The molecule has 4 rings (SSSR count). The summed E-state index contributed by atoms with van der Waals surface area (Å²) < 4.78 is 50.8. The molecule has 0 spiro atoms. The van der Waals surface area contributed by atoms with Gasteiger partial charge in [0.1, 0.15) is 5.82 Å². The van der Waals surface area contributed by atoms with Gasteiger partial charge in [0.2, 0.25) is 0 Å². The lowest BCUT2D eigenvalue weighted by Crippen LogP contribution is -2.31. The monoisotopic (exact) mass is 462 g/mol. The molecule has 1 amide bonds. The molecule has 0 saturated heterocycles. The number of aromatic nitrogens is 3. The molecular formula is C22H18ClF3N4O2. The Morgan fingerprint density at radius 3 is 2.28 bits per heavy atom. The van der Waals surface area contributed by atoms with Crippen LogP contribution in [0.2, 0.25) is 5.02 Å². The van der Waals surface area contributed by atoms with Crippen molar-refractivity contribution in [2.75, 3.05) is 0 Å². The van der Waals surface area contributed by atoms with E-state index in [9.17, 15) is 18.0 Å². The van der Waals surface area contributed by atoms with E-state index in [2.05, 4.69) is 15.2 Å². The van der Waals surface area contributed by atoms with Crippen LogP contribution >= 0.6 is 11.6 Å². The van der Waals surface area contributed by atoms with Crippen LogP contribution in [-0.4, -0.2) is 26.9 Å². The van der Waals surface area contributed by atoms with Crippen molar-refractivity contribution in [1.82, 2.24) is 14.8 Å². The lowest BCUT2D eigenvalue weighted by atomic mass is 10.0. The van der Waals surface area contributed by atoms with Crippen molar-refractivity contribution in [1.29, 1.82) is 0 Å². The molecule has 0 N–H and O–H groups in total. The molecule has 10 heteroatoms. The fourth-order valence-electron chi connectivity index (χ4n) is 3.55. The first-order valence-electron chi connectivity index (χ1n) is 9.71. The van der Waals surface area contributed by atoms with Crippen LogP contribution in [0.1, 0.15) is 55.5 Å². The second kappa shape index (κ2) is 7.74. The van der Waals surface area contributed by atoms with E-state index in [0.29, 0.717) is 5.56 Å². The summed E-state index contributed by atoms with van der Waals surface area (Å²) in [7, 11) is 0. The van der Waals surface area contributed by atoms with Gasteiger partial charge in [-0.1, -0.05) is 11.6 Å². The summed E-state index contributed by atoms with van der Waals surface area (Å²) in [5.74, 6) is -3.33. The Bertz CT molecular complexity index is 1260. The number of hydrogen-bond acceptors (Lipinski definition) is 4. The van der Waals surface area contributed by atoms with Crippen LogP contribution in [0.25, 0.3) is 11.4 Å². The van der Waals surface area contributed by atoms with Gasteiger partial charge in [-0.25, -0.2) is 18.2 Å². The first-order chi connectivity index (χ1) is 15.0. The standard InChI is InChI=1S/C22H18ClF3N4O2/c1-10(2)30-19(14-5-11-9-27-20(31)13(11)8-15(14)24)28-29-21(30)22(3,4)32-18-16(25)6-12(23)7-17(18)26/h5-10H,1-4H3. The number of aliphatic imine (C=N–C) groups is 1. The smallest absolute Gasteiger partial charge is 0.277 e. The summed E-state index contributed by atoms with van der Waals surface area (Å²) >= 11 is 5.68. The van der Waals surface area contributed by atoms with Crippen LogP contribution in [0, 0.1) is 17.5 Å². The Labute approximate surface area is 186 Å². The van der Waals surface area contributed by atoms with Crippen molar-refractivity contribution >= 4 is 23.7 Å². The lowest BCUT2D eigenvalue weighted by Gasteiger charge is -2.28. The molecule has 0 fully saturated rings. The van der Waals surface area contributed by atoms with Crippen LogP contribution < -0.4 is 4.74 Å². The third-order valence-corrected chi connectivity index (χ3v) is 5.22. The summed E-state index contributed by atoms with van der Waals surface area (Å²) in [6.07, 6.45) is 1.36. The van der Waals surface area contributed by atoms with Gasteiger partial charge in [0.25, 0.3) is 5.91 Å². The van der Waals surface area contributed by atoms with Crippen LogP contribution in [0.4, 0.5) is 13.2 Å². The zero-order chi connectivity index (χ0) is 23.4. The second-order valence-electron chi connectivity index (χ2n) is 8.10. The predicted molar refractivity (Wildman–Crippen MR) is 113 cm³/mol. The third kappa shape index (κ3) is 3.66. The van der Waals surface area contributed by atoms with Crippen molar-refractivity contribution in [3.05, 3.63) is 63.7 Å². The molecule has 0 aliphatic carbocycles. The summed E-state index contributed by atoms with van der Waals surface area (Å²) in [4.78, 5) is 15.4. The molecule has 6 nitrogen and oxygen atoms in total. The Hall–Kier alpha value is -3.20. The van der Waals surface area contributed by atoms with Crippen LogP contribution in [0.3, 0.4) is 0 Å². The lowest BCUT2D eigenvalue weighted by molar-refractivity contribution is 0.0814. The fourth-order valence-corrected chi connectivity index (χ4v) is 3.74. The average molecular weight is 463 g/mol. The molecule has 1 aliphatic rings. The fraction of sp³-hybridized carbons (Fsp3) is 0.273. The first-order valence-corrected chi connectivity index (χ1v) is 10.1. The molecule has 2 aromatic carbocycles. The molecule has 0 saturated carbocycles. The van der Waals surface area contributed by atoms with Gasteiger partial charge in [-0.2, -0.15) is 0 Å². The van der Waals surface area contributed by atoms with E-state index >= 15 is 0 Å². The molecule has 166 valence electrons. The number of carbonyl (C=O) groups is 1. The maximum Gasteiger partial charge on any atom is 0.277 e. The number of halogens is 4. The number of ether oxygens (including phenoxy) is 1. The zero-order valence-electron chi connectivity index (χ0n) is 17.6. The topological polar surface area (TPSA) is 69.4 Å². The maximum absolute atomic E-state index is 14.9. The molecule has 0 atom stereocenters. The Balaban J connectivity index is 1.81. The molecule has 3 aromatic rings. The van der Waals surface area contributed by atoms with Crippen LogP contribution in [0.15, 0.2) is 29.3 Å². The highest BCUT2D eigenvalue weighted by molar-refractivity contribution is 6.30. The molecular weight excluding hydrogens is 445 g/mol. The highest BCUT2D eigenvalue weighted by atomic mass is 35.5. The maximum atomic E-state index is 14.9. The van der Waals surface area contributed by atoms with E-state index < -0.39 is 34.7 Å². The van der Waals surface area contributed by atoms with Gasteiger partial charge in [0, 0.05) is 22.8 Å². The zero-order valence-corrected chi connectivity index (χ0v) is 18.3. The third-order valence-electron chi connectivity index (χ3n) is 5.00. The van der Waals surface area contributed by atoms with Crippen molar-refractivity contribution in [3.63, 3.8) is 0 Å². The van der Waals surface area contributed by atoms with Gasteiger partial charge in [-0.3, -0.25) is 4.79 Å². The summed E-state index contributed by atoms with van der Waals surface area (Å²) in [5, 5.41) is 8.19. The number of hydrogen-bond donors (Lipinski definition) is 0. The van der Waals surface area contributed by atoms with Gasteiger partial charge in [0.05, 0.1) is 11.1 Å². The Morgan fingerprint density at radius 2 is 1.66 bits per heavy atom.